The second-order valence-electron chi connectivity index (χ2n) is 3.51. The van der Waals surface area contributed by atoms with Crippen LogP contribution in [0.2, 0.25) is 0 Å². The molecule has 98 valence electrons. The van der Waals surface area contributed by atoms with E-state index in [2.05, 4.69) is 17.2 Å². The van der Waals surface area contributed by atoms with E-state index in [1.807, 2.05) is 0 Å². The molecule has 0 aliphatic carbocycles. The van der Waals surface area contributed by atoms with Gasteiger partial charge in [-0.3, -0.25) is 4.79 Å². The maximum Gasteiger partial charge on any atom is 0.262 e. The summed E-state index contributed by atoms with van der Waals surface area (Å²) in [5.74, 6) is 4.68. The third-order valence-corrected chi connectivity index (χ3v) is 3.79. The predicted octanol–water partition coefficient (Wildman–Crippen LogP) is -0.134. The summed E-state index contributed by atoms with van der Waals surface area (Å²) < 4.78 is 21.8. The van der Waals surface area contributed by atoms with Crippen molar-refractivity contribution in [3.05, 3.63) is 21.9 Å². The molecule has 0 atom stereocenters. The fourth-order valence-corrected chi connectivity index (χ4v) is 2.39. The number of rotatable bonds is 4. The van der Waals surface area contributed by atoms with Gasteiger partial charge in [-0.1, -0.05) is 11.8 Å². The van der Waals surface area contributed by atoms with E-state index in [1.165, 1.54) is 11.3 Å². The quantitative estimate of drug-likeness (QED) is 0.755. The number of carbonyl (C=O) groups is 1. The van der Waals surface area contributed by atoms with Crippen LogP contribution in [0.5, 0.6) is 0 Å². The lowest BCUT2D eigenvalue weighted by Gasteiger charge is -2.02. The van der Waals surface area contributed by atoms with E-state index in [1.54, 1.807) is 11.4 Å². The van der Waals surface area contributed by atoms with Crippen LogP contribution in [0.4, 0.5) is 0 Å². The first kappa shape index (κ1) is 14.7. The van der Waals surface area contributed by atoms with Gasteiger partial charge < -0.3 is 10.4 Å². The zero-order valence-corrected chi connectivity index (χ0v) is 11.4. The molecule has 5 nitrogen and oxygen atoms in total. The summed E-state index contributed by atoms with van der Waals surface area (Å²) in [6.07, 6.45) is 1.11. The maximum atomic E-state index is 11.7. The van der Waals surface area contributed by atoms with Gasteiger partial charge in [-0.25, -0.2) is 8.42 Å². The monoisotopic (exact) mass is 287 g/mol. The van der Waals surface area contributed by atoms with Crippen molar-refractivity contribution in [1.82, 2.24) is 5.32 Å². The number of thiophene rings is 1. The van der Waals surface area contributed by atoms with Gasteiger partial charge >= 0.3 is 0 Å². The highest BCUT2D eigenvalue weighted by molar-refractivity contribution is 7.90. The van der Waals surface area contributed by atoms with E-state index in [9.17, 15) is 13.2 Å². The van der Waals surface area contributed by atoms with Crippen molar-refractivity contribution < 1.29 is 18.3 Å². The van der Waals surface area contributed by atoms with Gasteiger partial charge in [0.1, 0.15) is 21.3 Å². The van der Waals surface area contributed by atoms with E-state index in [4.69, 9.17) is 5.11 Å². The highest BCUT2D eigenvalue weighted by atomic mass is 32.2. The van der Waals surface area contributed by atoms with E-state index < -0.39 is 9.84 Å². The SMILES string of the molecule is CS(=O)(=O)CCNC(=O)c1sccc1C#CCO. The van der Waals surface area contributed by atoms with Crippen molar-refractivity contribution in [3.8, 4) is 11.8 Å². The molecule has 0 aliphatic rings. The number of nitrogens with one attached hydrogen (secondary N) is 1. The predicted molar refractivity (Wildman–Crippen MR) is 70.3 cm³/mol. The van der Waals surface area contributed by atoms with Crippen LogP contribution in [0.25, 0.3) is 0 Å². The van der Waals surface area contributed by atoms with Crippen LogP contribution in [0.1, 0.15) is 15.2 Å². The van der Waals surface area contributed by atoms with Gasteiger partial charge in [-0.15, -0.1) is 11.3 Å². The van der Waals surface area contributed by atoms with Crippen LogP contribution in [-0.2, 0) is 9.84 Å². The van der Waals surface area contributed by atoms with Gasteiger partial charge in [0.05, 0.1) is 5.75 Å². The molecule has 0 saturated heterocycles. The Labute approximate surface area is 110 Å². The van der Waals surface area contributed by atoms with Crippen LogP contribution in [0.3, 0.4) is 0 Å². The van der Waals surface area contributed by atoms with Gasteiger partial charge in [0.25, 0.3) is 5.91 Å². The number of aliphatic hydroxyl groups excluding tert-OH is 1. The van der Waals surface area contributed by atoms with Crippen molar-refractivity contribution in [2.75, 3.05) is 25.2 Å². The number of carbonyl (C=O) groups excluding carboxylic acids is 1. The molecule has 0 unspecified atom stereocenters. The van der Waals surface area contributed by atoms with Crippen molar-refractivity contribution in [2.45, 2.75) is 0 Å². The fraction of sp³-hybridized carbons (Fsp3) is 0.364. The lowest BCUT2D eigenvalue weighted by molar-refractivity contribution is 0.0960. The summed E-state index contributed by atoms with van der Waals surface area (Å²) >= 11 is 1.22. The summed E-state index contributed by atoms with van der Waals surface area (Å²) in [5.41, 5.74) is 0.533. The first-order valence-electron chi connectivity index (χ1n) is 5.07. The number of sulfone groups is 1. The van der Waals surface area contributed by atoms with E-state index >= 15 is 0 Å². The molecule has 0 aliphatic heterocycles. The minimum absolute atomic E-state index is 0.0719. The molecule has 0 spiro atoms. The number of hydrogen-bond acceptors (Lipinski definition) is 5. The molecule has 0 bridgehead atoms. The van der Waals surface area contributed by atoms with Crippen molar-refractivity contribution in [1.29, 1.82) is 0 Å². The highest BCUT2D eigenvalue weighted by Crippen LogP contribution is 2.15. The summed E-state index contributed by atoms with van der Waals surface area (Å²) in [6.45, 7) is -0.201. The third-order valence-electron chi connectivity index (χ3n) is 1.93. The average molecular weight is 287 g/mol. The van der Waals surface area contributed by atoms with Crippen LogP contribution >= 0.6 is 11.3 Å². The molecule has 0 aromatic carbocycles. The van der Waals surface area contributed by atoms with Crippen LogP contribution in [-0.4, -0.2) is 44.6 Å². The number of amides is 1. The Morgan fingerprint density at radius 2 is 2.28 bits per heavy atom. The van der Waals surface area contributed by atoms with Gasteiger partial charge in [-0.2, -0.15) is 0 Å². The highest BCUT2D eigenvalue weighted by Gasteiger charge is 2.12. The Morgan fingerprint density at radius 1 is 1.56 bits per heavy atom. The topological polar surface area (TPSA) is 83.5 Å². The Hall–Kier alpha value is -1.36. The zero-order chi connectivity index (χ0) is 13.6. The van der Waals surface area contributed by atoms with E-state index in [0.29, 0.717) is 10.4 Å². The average Bonchev–Trinajstić information content (AvgIpc) is 2.72. The maximum absolute atomic E-state index is 11.7. The second-order valence-corrected chi connectivity index (χ2v) is 6.68. The molecule has 18 heavy (non-hydrogen) atoms. The molecular weight excluding hydrogens is 274 g/mol. The molecule has 0 radical (unpaired) electrons. The lowest BCUT2D eigenvalue weighted by atomic mass is 10.2. The fourth-order valence-electron chi connectivity index (χ4n) is 1.15. The summed E-state index contributed by atoms with van der Waals surface area (Å²) in [4.78, 5) is 12.2. The number of hydrogen-bond donors (Lipinski definition) is 2. The van der Waals surface area contributed by atoms with Gasteiger partial charge in [-0.05, 0) is 11.4 Å². The Bertz CT molecular complexity index is 578. The number of aliphatic hydroxyl groups is 1. The first-order chi connectivity index (χ1) is 8.44. The molecule has 0 fully saturated rings. The lowest BCUT2D eigenvalue weighted by Crippen LogP contribution is -2.28. The third kappa shape index (κ3) is 4.87. The molecule has 1 rings (SSSR count). The summed E-state index contributed by atoms with van der Waals surface area (Å²) in [5, 5.41) is 12.8. The summed E-state index contributed by atoms with van der Waals surface area (Å²) in [6, 6.07) is 1.68. The smallest absolute Gasteiger partial charge is 0.262 e. The molecule has 7 heteroatoms. The van der Waals surface area contributed by atoms with E-state index in [0.717, 1.165) is 6.26 Å². The molecule has 0 saturated carbocycles. The Morgan fingerprint density at radius 3 is 2.89 bits per heavy atom. The van der Waals surface area contributed by atoms with Crippen molar-refractivity contribution in [2.24, 2.45) is 0 Å². The van der Waals surface area contributed by atoms with Gasteiger partial charge in [0.15, 0.2) is 0 Å². The van der Waals surface area contributed by atoms with Crippen LogP contribution in [0, 0.1) is 11.8 Å². The first-order valence-corrected chi connectivity index (χ1v) is 8.01. The van der Waals surface area contributed by atoms with Crippen molar-refractivity contribution >= 4 is 27.1 Å². The largest absolute Gasteiger partial charge is 0.384 e. The summed E-state index contributed by atoms with van der Waals surface area (Å²) in [7, 11) is -3.09. The normalized spacial score (nSPS) is 10.6. The van der Waals surface area contributed by atoms with Gasteiger partial charge in [0.2, 0.25) is 0 Å². The minimum atomic E-state index is -3.09. The Balaban J connectivity index is 2.65. The van der Waals surface area contributed by atoms with Crippen molar-refractivity contribution in [3.63, 3.8) is 0 Å². The standard InChI is InChI=1S/C11H13NO4S2/c1-18(15,16)8-5-12-11(14)10-9(3-2-6-13)4-7-17-10/h4,7,13H,5-6,8H2,1H3,(H,12,14). The molecule has 1 heterocycles. The molecule has 1 aromatic rings. The molecule has 1 amide bonds. The van der Waals surface area contributed by atoms with Gasteiger partial charge in [0, 0.05) is 18.4 Å². The zero-order valence-electron chi connectivity index (χ0n) is 9.76. The van der Waals surface area contributed by atoms with E-state index in [-0.39, 0.29) is 24.8 Å². The molecule has 2 N–H and O–H groups in total. The second kappa shape index (κ2) is 6.54. The minimum Gasteiger partial charge on any atom is -0.384 e. The Kier molecular flexibility index (Phi) is 5.34. The molecule has 1 aromatic heterocycles. The van der Waals surface area contributed by atoms with Crippen LogP contribution in [0.15, 0.2) is 11.4 Å². The molecular formula is C11H13NO4S2. The van der Waals surface area contributed by atoms with Crippen LogP contribution < -0.4 is 5.32 Å².